The molecule has 2 bridgehead atoms. The molecule has 9 nitrogen and oxygen atoms in total. The Bertz CT molecular complexity index is 995. The highest BCUT2D eigenvalue weighted by atomic mass is 16.7. The Morgan fingerprint density at radius 3 is 2.33 bits per heavy atom. The molecule has 3 aliphatic carbocycles. The van der Waals surface area contributed by atoms with Gasteiger partial charge in [0.25, 0.3) is 0 Å². The van der Waals surface area contributed by atoms with Gasteiger partial charge in [-0.2, -0.15) is 0 Å². The summed E-state index contributed by atoms with van der Waals surface area (Å²) in [6.45, 7) is 16.0. The normalized spacial score (nSPS) is 42.9. The molecule has 0 aromatic heterocycles. The summed E-state index contributed by atoms with van der Waals surface area (Å²) in [4.78, 5) is 13.4. The van der Waals surface area contributed by atoms with E-state index in [2.05, 4.69) is 20.4 Å². The van der Waals surface area contributed by atoms with Gasteiger partial charge in [0.05, 0.1) is 6.42 Å². The van der Waals surface area contributed by atoms with Gasteiger partial charge >= 0.3 is 5.97 Å². The van der Waals surface area contributed by atoms with E-state index < -0.39 is 46.0 Å². The van der Waals surface area contributed by atoms with Crippen molar-refractivity contribution in [3.8, 4) is 0 Å². The average molecular weight is 553 g/mol. The Morgan fingerprint density at radius 1 is 1.13 bits per heavy atom. The van der Waals surface area contributed by atoms with E-state index in [1.54, 1.807) is 20.8 Å². The lowest BCUT2D eigenvalue weighted by Crippen LogP contribution is -2.78. The van der Waals surface area contributed by atoms with Gasteiger partial charge in [0.2, 0.25) is 5.60 Å². The maximum Gasteiger partial charge on any atom is 0.307 e. The van der Waals surface area contributed by atoms with Crippen molar-refractivity contribution in [2.75, 3.05) is 26.8 Å². The van der Waals surface area contributed by atoms with E-state index in [1.807, 2.05) is 6.92 Å². The highest BCUT2D eigenvalue weighted by Crippen LogP contribution is 2.78. The Balaban J connectivity index is 1.93. The first-order valence-electron chi connectivity index (χ1n) is 14.5. The standard InChI is InChI=1S/C30H48O9/c1-8-10-14-35-17-37-25-20(5)12-13-27(38-18-36-15-11-9-2)26(7)16-22(31)39-30(25,27)28(33)21(6)23(19(3)4)24(32)29(26,28)34/h20,24-25,32-34H,3,8-18H2,1-2,4-7H3/t20?,24?,25?,26?,27-,28?,29+,30?/m0/s1. The van der Waals surface area contributed by atoms with Crippen molar-refractivity contribution in [1.29, 1.82) is 0 Å². The molecule has 1 aliphatic heterocycles. The number of aliphatic hydroxyl groups excluding tert-OH is 1. The molecule has 4 rings (SSSR count). The van der Waals surface area contributed by atoms with Crippen LogP contribution in [0.4, 0.5) is 0 Å². The minimum Gasteiger partial charge on any atom is -0.449 e. The summed E-state index contributed by atoms with van der Waals surface area (Å²) in [6.07, 6.45) is 1.91. The molecule has 0 radical (unpaired) electrons. The quantitative estimate of drug-likeness (QED) is 0.179. The molecule has 39 heavy (non-hydrogen) atoms. The van der Waals surface area contributed by atoms with Gasteiger partial charge in [-0.1, -0.05) is 52.7 Å². The van der Waals surface area contributed by atoms with Gasteiger partial charge in [-0.25, -0.2) is 0 Å². The van der Waals surface area contributed by atoms with Crippen LogP contribution in [0.1, 0.15) is 86.5 Å². The number of aliphatic hydroxyl groups is 3. The molecule has 3 N–H and O–H groups in total. The summed E-state index contributed by atoms with van der Waals surface area (Å²) in [6, 6.07) is 0. The van der Waals surface area contributed by atoms with Gasteiger partial charge in [0.1, 0.15) is 37.0 Å². The number of fused-ring (bicyclic) bond motifs is 2. The molecule has 1 heterocycles. The van der Waals surface area contributed by atoms with Crippen molar-refractivity contribution in [1.82, 2.24) is 0 Å². The lowest BCUT2D eigenvalue weighted by atomic mass is 9.55. The zero-order valence-electron chi connectivity index (χ0n) is 24.5. The van der Waals surface area contributed by atoms with Gasteiger partial charge in [-0.15, -0.1) is 0 Å². The largest absolute Gasteiger partial charge is 0.449 e. The van der Waals surface area contributed by atoms with Crippen LogP contribution in [0.5, 0.6) is 0 Å². The van der Waals surface area contributed by atoms with E-state index in [4.69, 9.17) is 23.7 Å². The fraction of sp³-hybridized carbons (Fsp3) is 0.833. The molecule has 222 valence electrons. The second-order valence-electron chi connectivity index (χ2n) is 12.3. The molecule has 1 saturated heterocycles. The van der Waals surface area contributed by atoms with E-state index in [0.29, 0.717) is 42.8 Å². The Hall–Kier alpha value is -1.33. The molecule has 6 unspecified atom stereocenters. The predicted molar refractivity (Wildman–Crippen MR) is 144 cm³/mol. The van der Waals surface area contributed by atoms with Crippen LogP contribution in [0.2, 0.25) is 0 Å². The van der Waals surface area contributed by atoms with Gasteiger partial charge in [0, 0.05) is 18.6 Å². The summed E-state index contributed by atoms with van der Waals surface area (Å²) in [5, 5.41) is 37.5. The highest BCUT2D eigenvalue weighted by molar-refractivity contribution is 5.78. The van der Waals surface area contributed by atoms with Crippen LogP contribution < -0.4 is 0 Å². The Kier molecular flexibility index (Phi) is 8.50. The second-order valence-corrected chi connectivity index (χ2v) is 12.3. The smallest absolute Gasteiger partial charge is 0.307 e. The van der Waals surface area contributed by atoms with E-state index in [-0.39, 0.29) is 25.9 Å². The number of unbranched alkanes of at least 4 members (excludes halogenated alkanes) is 2. The third kappa shape index (κ3) is 3.73. The molecule has 0 aromatic carbocycles. The molecule has 0 spiro atoms. The number of carbonyl (C=O) groups excluding carboxylic acids is 1. The monoisotopic (exact) mass is 552 g/mol. The van der Waals surface area contributed by atoms with Crippen molar-refractivity contribution in [2.24, 2.45) is 11.3 Å². The number of hydrogen-bond donors (Lipinski definition) is 3. The minimum atomic E-state index is -2.24. The van der Waals surface area contributed by atoms with Crippen LogP contribution in [0, 0.1) is 11.3 Å². The van der Waals surface area contributed by atoms with Gasteiger partial charge < -0.3 is 39.0 Å². The molecule has 4 aliphatic rings. The predicted octanol–water partition coefficient (Wildman–Crippen LogP) is 3.54. The summed E-state index contributed by atoms with van der Waals surface area (Å²) in [7, 11) is 0. The van der Waals surface area contributed by atoms with Crippen molar-refractivity contribution < 1.29 is 43.8 Å². The van der Waals surface area contributed by atoms with Crippen LogP contribution in [0.25, 0.3) is 0 Å². The topological polar surface area (TPSA) is 124 Å². The number of hydrogen-bond acceptors (Lipinski definition) is 9. The molecular formula is C30H48O9. The van der Waals surface area contributed by atoms with E-state index in [9.17, 15) is 20.1 Å². The number of carbonyl (C=O) groups is 1. The molecular weight excluding hydrogens is 504 g/mol. The molecule has 2 saturated carbocycles. The summed E-state index contributed by atoms with van der Waals surface area (Å²) in [5.74, 6) is -0.788. The van der Waals surface area contributed by atoms with Crippen LogP contribution in [-0.2, 0) is 28.5 Å². The van der Waals surface area contributed by atoms with Crippen molar-refractivity contribution in [2.45, 2.75) is 121 Å². The zero-order chi connectivity index (χ0) is 28.9. The van der Waals surface area contributed by atoms with Crippen molar-refractivity contribution in [3.05, 3.63) is 23.3 Å². The molecule has 8 atom stereocenters. The highest BCUT2D eigenvalue weighted by Gasteiger charge is 2.97. The number of ether oxygens (including phenoxy) is 5. The Morgan fingerprint density at radius 2 is 1.74 bits per heavy atom. The van der Waals surface area contributed by atoms with E-state index in [1.165, 1.54) is 0 Å². The summed E-state index contributed by atoms with van der Waals surface area (Å²) >= 11 is 0. The number of rotatable bonds is 13. The second kappa shape index (κ2) is 10.8. The first-order chi connectivity index (χ1) is 18.4. The lowest BCUT2D eigenvalue weighted by Gasteiger charge is -2.62. The van der Waals surface area contributed by atoms with Crippen molar-refractivity contribution in [3.63, 3.8) is 0 Å². The molecule has 3 fully saturated rings. The third-order valence-corrected chi connectivity index (χ3v) is 10.1. The van der Waals surface area contributed by atoms with E-state index >= 15 is 0 Å². The maximum absolute atomic E-state index is 13.4. The van der Waals surface area contributed by atoms with Gasteiger partial charge in [-0.05, 0) is 56.6 Å². The van der Waals surface area contributed by atoms with Crippen LogP contribution in [0.3, 0.4) is 0 Å². The van der Waals surface area contributed by atoms with Gasteiger partial charge in [0.15, 0.2) is 5.60 Å². The molecule has 0 amide bonds. The maximum atomic E-state index is 13.4. The fourth-order valence-electron chi connectivity index (χ4n) is 8.29. The average Bonchev–Trinajstić information content (AvgIpc) is 3.07. The van der Waals surface area contributed by atoms with Gasteiger partial charge in [-0.3, -0.25) is 4.79 Å². The minimum absolute atomic E-state index is 0.0821. The molecule has 0 aromatic rings. The summed E-state index contributed by atoms with van der Waals surface area (Å²) in [5.41, 5.74) is -8.07. The van der Waals surface area contributed by atoms with E-state index in [0.717, 1.165) is 25.7 Å². The first kappa shape index (κ1) is 30.6. The first-order valence-corrected chi connectivity index (χ1v) is 14.5. The fourth-order valence-corrected chi connectivity index (χ4v) is 8.29. The zero-order valence-corrected chi connectivity index (χ0v) is 24.5. The summed E-state index contributed by atoms with van der Waals surface area (Å²) < 4.78 is 30.9. The SMILES string of the molecule is C=C(C)C1=C(C)C2(O)C34OC(=O)CC(C)([C@@]3(OCOCCCC)CCC(C)C4OCOCCCC)[C@]2(O)C1O. The number of esters is 1. The lowest BCUT2D eigenvalue weighted by molar-refractivity contribution is -0.345. The van der Waals surface area contributed by atoms with Crippen molar-refractivity contribution >= 4 is 5.97 Å². The van der Waals surface area contributed by atoms with Crippen LogP contribution >= 0.6 is 0 Å². The van der Waals surface area contributed by atoms with Crippen LogP contribution in [-0.4, -0.2) is 82.7 Å². The third-order valence-electron chi connectivity index (χ3n) is 10.1. The molecule has 9 heteroatoms. The van der Waals surface area contributed by atoms with Crippen LogP contribution in [0.15, 0.2) is 23.3 Å². The Labute approximate surface area is 232 Å².